The van der Waals surface area contributed by atoms with Crippen molar-refractivity contribution >= 4 is 10.9 Å². The number of hydrogen-bond acceptors (Lipinski definition) is 2. The SMILES string of the molecule is Cc1ccc2[nH]c(C)c(C(N)CCCCO)c2c1. The summed E-state index contributed by atoms with van der Waals surface area (Å²) in [6.45, 7) is 4.43. The zero-order valence-corrected chi connectivity index (χ0v) is 11.2. The number of rotatable bonds is 5. The van der Waals surface area contributed by atoms with Crippen molar-refractivity contribution in [1.82, 2.24) is 4.98 Å². The Bertz CT molecular complexity index is 531. The van der Waals surface area contributed by atoms with E-state index in [2.05, 4.69) is 37.0 Å². The van der Waals surface area contributed by atoms with Crippen LogP contribution in [-0.2, 0) is 0 Å². The first kappa shape index (κ1) is 13.1. The molecule has 1 atom stereocenters. The highest BCUT2D eigenvalue weighted by atomic mass is 16.2. The second kappa shape index (κ2) is 5.55. The summed E-state index contributed by atoms with van der Waals surface area (Å²) >= 11 is 0. The first-order valence-corrected chi connectivity index (χ1v) is 6.58. The molecule has 0 amide bonds. The Balaban J connectivity index is 2.30. The van der Waals surface area contributed by atoms with Gasteiger partial charge < -0.3 is 15.8 Å². The molecule has 0 aliphatic heterocycles. The maximum Gasteiger partial charge on any atom is 0.0459 e. The Labute approximate surface area is 108 Å². The third-order valence-electron chi connectivity index (χ3n) is 3.49. The van der Waals surface area contributed by atoms with Crippen LogP contribution in [0.25, 0.3) is 10.9 Å². The van der Waals surface area contributed by atoms with E-state index in [0.29, 0.717) is 0 Å². The van der Waals surface area contributed by atoms with E-state index in [1.54, 1.807) is 0 Å². The molecule has 2 rings (SSSR count). The highest BCUT2D eigenvalue weighted by molar-refractivity contribution is 5.85. The number of H-pyrrole nitrogens is 1. The summed E-state index contributed by atoms with van der Waals surface area (Å²) in [6.07, 6.45) is 2.71. The minimum absolute atomic E-state index is 0.0482. The summed E-state index contributed by atoms with van der Waals surface area (Å²) in [5.41, 5.74) is 11.1. The molecule has 0 fully saturated rings. The van der Waals surface area contributed by atoms with Crippen molar-refractivity contribution in [3.8, 4) is 0 Å². The number of unbranched alkanes of at least 4 members (excludes halogenated alkanes) is 1. The average Bonchev–Trinajstić information content (AvgIpc) is 2.64. The van der Waals surface area contributed by atoms with Crippen LogP contribution in [-0.4, -0.2) is 16.7 Å². The molecule has 0 radical (unpaired) electrons. The van der Waals surface area contributed by atoms with E-state index in [1.165, 1.54) is 16.5 Å². The Kier molecular flexibility index (Phi) is 4.04. The standard InChI is InChI=1S/C15H22N2O/c1-10-6-7-14-12(9-10)15(11(2)17-14)13(16)5-3-4-8-18/h6-7,9,13,17-18H,3-5,8,16H2,1-2H3. The largest absolute Gasteiger partial charge is 0.396 e. The molecular weight excluding hydrogens is 224 g/mol. The van der Waals surface area contributed by atoms with E-state index in [1.807, 2.05) is 0 Å². The number of nitrogens with two attached hydrogens (primary N) is 1. The van der Waals surface area contributed by atoms with Gasteiger partial charge >= 0.3 is 0 Å². The third-order valence-corrected chi connectivity index (χ3v) is 3.49. The van der Waals surface area contributed by atoms with Gasteiger partial charge in [0.15, 0.2) is 0 Å². The molecule has 1 aromatic carbocycles. The molecular formula is C15H22N2O. The van der Waals surface area contributed by atoms with Crippen molar-refractivity contribution in [2.45, 2.75) is 39.2 Å². The number of aryl methyl sites for hydroxylation is 2. The number of nitrogens with one attached hydrogen (secondary N) is 1. The van der Waals surface area contributed by atoms with E-state index in [4.69, 9.17) is 10.8 Å². The molecule has 0 bridgehead atoms. The van der Waals surface area contributed by atoms with Crippen molar-refractivity contribution in [1.29, 1.82) is 0 Å². The fourth-order valence-corrected chi connectivity index (χ4v) is 2.56. The molecule has 1 heterocycles. The molecule has 3 heteroatoms. The van der Waals surface area contributed by atoms with Gasteiger partial charge in [-0.2, -0.15) is 0 Å². The molecule has 3 nitrogen and oxygen atoms in total. The van der Waals surface area contributed by atoms with Gasteiger partial charge in [-0.25, -0.2) is 0 Å². The molecule has 4 N–H and O–H groups in total. The molecule has 0 aliphatic carbocycles. The summed E-state index contributed by atoms with van der Waals surface area (Å²) in [5.74, 6) is 0. The van der Waals surface area contributed by atoms with Crippen LogP contribution in [0.3, 0.4) is 0 Å². The highest BCUT2D eigenvalue weighted by Crippen LogP contribution is 2.29. The average molecular weight is 246 g/mol. The van der Waals surface area contributed by atoms with E-state index in [0.717, 1.165) is 30.5 Å². The Morgan fingerprint density at radius 2 is 2.06 bits per heavy atom. The van der Waals surface area contributed by atoms with Crippen LogP contribution < -0.4 is 5.73 Å². The van der Waals surface area contributed by atoms with Gasteiger partial charge in [0.25, 0.3) is 0 Å². The molecule has 18 heavy (non-hydrogen) atoms. The number of fused-ring (bicyclic) bond motifs is 1. The zero-order valence-electron chi connectivity index (χ0n) is 11.2. The van der Waals surface area contributed by atoms with Crippen molar-refractivity contribution in [2.75, 3.05) is 6.61 Å². The summed E-state index contributed by atoms with van der Waals surface area (Å²) in [5, 5.41) is 10.1. The van der Waals surface area contributed by atoms with Gasteiger partial charge in [-0.05, 0) is 50.8 Å². The van der Waals surface area contributed by atoms with Gasteiger partial charge in [0.05, 0.1) is 0 Å². The monoisotopic (exact) mass is 246 g/mol. The lowest BCUT2D eigenvalue weighted by atomic mass is 9.98. The zero-order chi connectivity index (χ0) is 13.1. The summed E-state index contributed by atoms with van der Waals surface area (Å²) in [6, 6.07) is 6.47. The molecule has 0 saturated heterocycles. The lowest BCUT2D eigenvalue weighted by Crippen LogP contribution is -2.11. The summed E-state index contributed by atoms with van der Waals surface area (Å²) < 4.78 is 0. The fraction of sp³-hybridized carbons (Fsp3) is 0.467. The van der Waals surface area contributed by atoms with Gasteiger partial charge in [-0.1, -0.05) is 11.6 Å². The number of benzene rings is 1. The van der Waals surface area contributed by atoms with Crippen LogP contribution in [0.5, 0.6) is 0 Å². The van der Waals surface area contributed by atoms with Gasteiger partial charge in [-0.15, -0.1) is 0 Å². The normalized spacial score (nSPS) is 13.1. The molecule has 98 valence electrons. The van der Waals surface area contributed by atoms with Crippen LogP contribution in [0.2, 0.25) is 0 Å². The lowest BCUT2D eigenvalue weighted by molar-refractivity contribution is 0.281. The maximum absolute atomic E-state index is 8.83. The van der Waals surface area contributed by atoms with E-state index in [-0.39, 0.29) is 12.6 Å². The highest BCUT2D eigenvalue weighted by Gasteiger charge is 2.15. The molecule has 2 aromatic rings. The summed E-state index contributed by atoms with van der Waals surface area (Å²) in [4.78, 5) is 3.40. The second-order valence-electron chi connectivity index (χ2n) is 5.04. The van der Waals surface area contributed by atoms with Crippen LogP contribution in [0, 0.1) is 13.8 Å². The predicted molar refractivity (Wildman–Crippen MR) is 75.6 cm³/mol. The van der Waals surface area contributed by atoms with E-state index < -0.39 is 0 Å². The van der Waals surface area contributed by atoms with Crippen molar-refractivity contribution < 1.29 is 5.11 Å². The Morgan fingerprint density at radius 1 is 1.28 bits per heavy atom. The number of aliphatic hydroxyl groups excluding tert-OH is 1. The maximum atomic E-state index is 8.83. The third kappa shape index (κ3) is 2.57. The van der Waals surface area contributed by atoms with Gasteiger partial charge in [-0.3, -0.25) is 0 Å². The van der Waals surface area contributed by atoms with Crippen LogP contribution in [0.1, 0.15) is 42.1 Å². The number of aromatic amines is 1. The number of hydrogen-bond donors (Lipinski definition) is 3. The topological polar surface area (TPSA) is 62.0 Å². The van der Waals surface area contributed by atoms with Crippen LogP contribution >= 0.6 is 0 Å². The van der Waals surface area contributed by atoms with E-state index >= 15 is 0 Å². The molecule has 0 spiro atoms. The van der Waals surface area contributed by atoms with Gasteiger partial charge in [0, 0.05) is 29.2 Å². The van der Waals surface area contributed by atoms with Crippen LogP contribution in [0.4, 0.5) is 0 Å². The van der Waals surface area contributed by atoms with Crippen molar-refractivity contribution in [3.63, 3.8) is 0 Å². The van der Waals surface area contributed by atoms with Gasteiger partial charge in [0.2, 0.25) is 0 Å². The van der Waals surface area contributed by atoms with Crippen molar-refractivity contribution in [2.24, 2.45) is 5.73 Å². The smallest absolute Gasteiger partial charge is 0.0459 e. The Hall–Kier alpha value is -1.32. The second-order valence-corrected chi connectivity index (χ2v) is 5.04. The minimum atomic E-state index is 0.0482. The molecule has 1 aromatic heterocycles. The lowest BCUT2D eigenvalue weighted by Gasteiger charge is -2.12. The van der Waals surface area contributed by atoms with Crippen molar-refractivity contribution in [3.05, 3.63) is 35.0 Å². The number of aromatic nitrogens is 1. The molecule has 1 unspecified atom stereocenters. The summed E-state index contributed by atoms with van der Waals surface area (Å²) in [7, 11) is 0. The minimum Gasteiger partial charge on any atom is -0.396 e. The Morgan fingerprint density at radius 3 is 2.78 bits per heavy atom. The molecule has 0 aliphatic rings. The predicted octanol–water partition coefficient (Wildman–Crippen LogP) is 2.95. The van der Waals surface area contributed by atoms with E-state index in [9.17, 15) is 0 Å². The van der Waals surface area contributed by atoms with Gasteiger partial charge in [0.1, 0.15) is 0 Å². The first-order chi connectivity index (χ1) is 8.63. The first-order valence-electron chi connectivity index (χ1n) is 6.58. The van der Waals surface area contributed by atoms with Crippen LogP contribution in [0.15, 0.2) is 18.2 Å². The fourth-order valence-electron chi connectivity index (χ4n) is 2.56. The molecule has 0 saturated carbocycles. The number of aliphatic hydroxyl groups is 1. The quantitative estimate of drug-likeness (QED) is 0.710.